The monoisotopic (exact) mass is 391 g/mol. The summed E-state index contributed by atoms with van der Waals surface area (Å²) in [6, 6.07) is 6.58. The first-order valence-electron chi connectivity index (χ1n) is 6.78. The minimum Gasteiger partial charge on any atom is -0.456 e. The van der Waals surface area contributed by atoms with E-state index in [4.69, 9.17) is 27.9 Å². The van der Waals surface area contributed by atoms with Gasteiger partial charge in [0.25, 0.3) is 5.69 Å². The van der Waals surface area contributed by atoms with Gasteiger partial charge in [-0.05, 0) is 30.3 Å². The van der Waals surface area contributed by atoms with Crippen molar-refractivity contribution in [2.75, 3.05) is 5.88 Å². The Morgan fingerprint density at radius 1 is 1.20 bits per heavy atom. The summed E-state index contributed by atoms with van der Waals surface area (Å²) in [6.07, 6.45) is -1.56. The average molecular weight is 392 g/mol. The van der Waals surface area contributed by atoms with E-state index in [1.165, 1.54) is 30.4 Å². The highest BCUT2D eigenvalue weighted by molar-refractivity contribution is 6.32. The van der Waals surface area contributed by atoms with Crippen molar-refractivity contribution in [3.8, 4) is 11.5 Å². The van der Waals surface area contributed by atoms with Crippen molar-refractivity contribution in [1.29, 1.82) is 0 Å². The van der Waals surface area contributed by atoms with E-state index in [0.29, 0.717) is 0 Å². The Kier molecular flexibility index (Phi) is 5.92. The highest BCUT2D eigenvalue weighted by Gasteiger charge is 2.31. The molecule has 0 spiro atoms. The smallest absolute Gasteiger partial charge is 0.416 e. The Bertz CT molecular complexity index is 823. The van der Waals surface area contributed by atoms with Crippen LogP contribution in [-0.2, 0) is 6.18 Å². The summed E-state index contributed by atoms with van der Waals surface area (Å²) in [5.74, 6) is 0.338. The predicted octanol–water partition coefficient (Wildman–Crippen LogP) is 6.31. The zero-order chi connectivity index (χ0) is 18.6. The van der Waals surface area contributed by atoms with Crippen LogP contribution in [0.1, 0.15) is 11.1 Å². The summed E-state index contributed by atoms with van der Waals surface area (Å²) in [6.45, 7) is 0. The molecule has 0 aliphatic carbocycles. The fraction of sp³-hybridized carbons (Fsp3) is 0.125. The van der Waals surface area contributed by atoms with E-state index in [2.05, 4.69) is 0 Å². The molecule has 25 heavy (non-hydrogen) atoms. The SMILES string of the molecule is O=[N+]([O-])c1ccc(Oc2ccc(C(F)(F)F)cc2Cl)cc1C=CCCl. The highest BCUT2D eigenvalue weighted by Crippen LogP contribution is 2.37. The molecule has 0 aliphatic heterocycles. The topological polar surface area (TPSA) is 52.4 Å². The summed E-state index contributed by atoms with van der Waals surface area (Å²) in [5.41, 5.74) is -0.822. The minimum absolute atomic E-state index is 0.00390. The standard InChI is InChI=1S/C16H10Cl2F3NO3/c17-7-1-2-10-8-12(4-5-14(10)22(23)24)25-15-6-3-11(9-13(15)18)16(19,20)21/h1-6,8-9H,7H2. The van der Waals surface area contributed by atoms with Gasteiger partial charge < -0.3 is 4.74 Å². The number of benzene rings is 2. The van der Waals surface area contributed by atoms with E-state index in [-0.39, 0.29) is 33.7 Å². The molecule has 0 saturated carbocycles. The molecule has 2 rings (SSSR count). The second kappa shape index (κ2) is 7.76. The molecule has 0 aromatic heterocycles. The normalized spacial score (nSPS) is 11.7. The van der Waals surface area contributed by atoms with Crippen molar-refractivity contribution < 1.29 is 22.8 Å². The van der Waals surface area contributed by atoms with Gasteiger partial charge in [0.15, 0.2) is 0 Å². The first-order valence-corrected chi connectivity index (χ1v) is 7.69. The third kappa shape index (κ3) is 4.87. The number of rotatable bonds is 5. The molecule has 0 fully saturated rings. The zero-order valence-corrected chi connectivity index (χ0v) is 13.9. The van der Waals surface area contributed by atoms with Crippen LogP contribution in [0.25, 0.3) is 6.08 Å². The van der Waals surface area contributed by atoms with Crippen LogP contribution < -0.4 is 4.74 Å². The molecule has 0 atom stereocenters. The van der Waals surface area contributed by atoms with Crippen LogP contribution in [-0.4, -0.2) is 10.8 Å². The number of allylic oxidation sites excluding steroid dienone is 1. The summed E-state index contributed by atoms with van der Waals surface area (Å²) < 4.78 is 43.4. The lowest BCUT2D eigenvalue weighted by Gasteiger charge is -2.11. The lowest BCUT2D eigenvalue weighted by molar-refractivity contribution is -0.385. The molecular weight excluding hydrogens is 382 g/mol. The molecule has 0 radical (unpaired) electrons. The van der Waals surface area contributed by atoms with Gasteiger partial charge in [0, 0.05) is 11.9 Å². The predicted molar refractivity (Wildman–Crippen MR) is 89.4 cm³/mol. The molecule has 0 aliphatic rings. The molecule has 0 unspecified atom stereocenters. The number of nitrogens with zero attached hydrogens (tertiary/aromatic N) is 1. The fourth-order valence-corrected chi connectivity index (χ4v) is 2.26. The molecular formula is C16H10Cl2F3NO3. The number of nitro groups is 1. The number of hydrogen-bond donors (Lipinski definition) is 0. The van der Waals surface area contributed by atoms with Crippen LogP contribution in [0.3, 0.4) is 0 Å². The van der Waals surface area contributed by atoms with Gasteiger partial charge in [-0.15, -0.1) is 11.6 Å². The molecule has 132 valence electrons. The lowest BCUT2D eigenvalue weighted by atomic mass is 10.1. The maximum atomic E-state index is 12.6. The summed E-state index contributed by atoms with van der Waals surface area (Å²) in [7, 11) is 0. The molecule has 0 amide bonds. The van der Waals surface area contributed by atoms with Crippen molar-refractivity contribution in [2.45, 2.75) is 6.18 Å². The van der Waals surface area contributed by atoms with Crippen molar-refractivity contribution in [1.82, 2.24) is 0 Å². The fourth-order valence-electron chi connectivity index (χ4n) is 1.95. The second-order valence-corrected chi connectivity index (χ2v) is 5.50. The van der Waals surface area contributed by atoms with Crippen LogP contribution in [0, 0.1) is 10.1 Å². The van der Waals surface area contributed by atoms with Crippen LogP contribution in [0.15, 0.2) is 42.5 Å². The third-order valence-electron chi connectivity index (χ3n) is 3.07. The third-order valence-corrected chi connectivity index (χ3v) is 3.54. The Balaban J connectivity index is 2.34. The van der Waals surface area contributed by atoms with Crippen molar-refractivity contribution in [2.24, 2.45) is 0 Å². The Labute approximate surface area is 150 Å². The molecule has 2 aromatic rings. The van der Waals surface area contributed by atoms with Gasteiger partial charge in [-0.2, -0.15) is 13.2 Å². The molecule has 2 aromatic carbocycles. The molecule has 4 nitrogen and oxygen atoms in total. The molecule has 0 N–H and O–H groups in total. The van der Waals surface area contributed by atoms with Gasteiger partial charge in [-0.25, -0.2) is 0 Å². The van der Waals surface area contributed by atoms with E-state index in [1.54, 1.807) is 0 Å². The van der Waals surface area contributed by atoms with Gasteiger partial charge in [-0.3, -0.25) is 10.1 Å². The van der Waals surface area contributed by atoms with Gasteiger partial charge in [-0.1, -0.05) is 23.8 Å². The van der Waals surface area contributed by atoms with Gasteiger partial charge >= 0.3 is 6.18 Å². The first-order chi connectivity index (χ1) is 11.7. The quantitative estimate of drug-likeness (QED) is 0.340. The minimum atomic E-state index is -4.52. The zero-order valence-electron chi connectivity index (χ0n) is 12.4. The largest absolute Gasteiger partial charge is 0.456 e. The van der Waals surface area contributed by atoms with Crippen LogP contribution in [0.2, 0.25) is 5.02 Å². The number of hydrogen-bond acceptors (Lipinski definition) is 3. The maximum absolute atomic E-state index is 12.6. The van der Waals surface area contributed by atoms with E-state index in [0.717, 1.165) is 18.2 Å². The van der Waals surface area contributed by atoms with Gasteiger partial charge in [0.2, 0.25) is 0 Å². The lowest BCUT2D eigenvalue weighted by Crippen LogP contribution is -2.04. The summed E-state index contributed by atoms with van der Waals surface area (Å²) in [4.78, 5) is 10.4. The Hall–Kier alpha value is -2.25. The van der Waals surface area contributed by atoms with Crippen molar-refractivity contribution >= 4 is 35.0 Å². The van der Waals surface area contributed by atoms with Crippen LogP contribution in [0.4, 0.5) is 18.9 Å². The molecule has 0 heterocycles. The number of halogens is 5. The van der Waals surface area contributed by atoms with Crippen LogP contribution >= 0.6 is 23.2 Å². The summed E-state index contributed by atoms with van der Waals surface area (Å²) in [5, 5.41) is 10.8. The van der Waals surface area contributed by atoms with Crippen LogP contribution in [0.5, 0.6) is 11.5 Å². The van der Waals surface area contributed by atoms with E-state index >= 15 is 0 Å². The number of alkyl halides is 4. The second-order valence-electron chi connectivity index (χ2n) is 4.78. The summed E-state index contributed by atoms with van der Waals surface area (Å²) >= 11 is 11.4. The maximum Gasteiger partial charge on any atom is 0.416 e. The first kappa shape index (κ1) is 19.1. The van der Waals surface area contributed by atoms with Gasteiger partial charge in [0.05, 0.1) is 21.1 Å². The van der Waals surface area contributed by atoms with Crippen molar-refractivity contribution in [3.63, 3.8) is 0 Å². The van der Waals surface area contributed by atoms with E-state index in [1.807, 2.05) is 0 Å². The Morgan fingerprint density at radius 3 is 2.48 bits per heavy atom. The molecule has 9 heteroatoms. The van der Waals surface area contributed by atoms with Crippen molar-refractivity contribution in [3.05, 3.63) is 68.7 Å². The van der Waals surface area contributed by atoms with E-state index < -0.39 is 16.7 Å². The number of ether oxygens (including phenoxy) is 1. The highest BCUT2D eigenvalue weighted by atomic mass is 35.5. The number of nitro benzene ring substituents is 1. The molecule has 0 bridgehead atoms. The molecule has 0 saturated heterocycles. The Morgan fingerprint density at radius 2 is 1.92 bits per heavy atom. The van der Waals surface area contributed by atoms with Gasteiger partial charge in [0.1, 0.15) is 11.5 Å². The average Bonchev–Trinajstić information content (AvgIpc) is 2.53. The van der Waals surface area contributed by atoms with E-state index in [9.17, 15) is 23.3 Å².